The molecule has 30 heavy (non-hydrogen) atoms. The zero-order valence-electron chi connectivity index (χ0n) is 17.4. The topological polar surface area (TPSA) is 102 Å². The van der Waals surface area contributed by atoms with Crippen molar-refractivity contribution in [2.45, 2.75) is 45.1 Å². The molecule has 1 fully saturated rings. The van der Waals surface area contributed by atoms with E-state index in [9.17, 15) is 19.2 Å². The number of amides is 3. The smallest absolute Gasteiger partial charge is 0.338 e. The predicted molar refractivity (Wildman–Crippen MR) is 108 cm³/mol. The summed E-state index contributed by atoms with van der Waals surface area (Å²) >= 11 is 0. The largest absolute Gasteiger partial charge is 0.452 e. The van der Waals surface area contributed by atoms with Gasteiger partial charge in [-0.05, 0) is 43.4 Å². The molecule has 3 rings (SSSR count). The Morgan fingerprint density at radius 3 is 2.60 bits per heavy atom. The molecular weight excluding hydrogens is 388 g/mol. The number of nitrogens with one attached hydrogen (secondary N) is 1. The lowest BCUT2D eigenvalue weighted by molar-refractivity contribution is -0.125. The number of benzene rings is 1. The average molecular weight is 416 g/mol. The van der Waals surface area contributed by atoms with E-state index in [0.29, 0.717) is 18.9 Å². The fourth-order valence-electron chi connectivity index (χ4n) is 3.98. The van der Waals surface area contributed by atoms with E-state index in [4.69, 9.17) is 9.47 Å². The molecule has 0 bridgehead atoms. The second-order valence-corrected chi connectivity index (χ2v) is 7.88. The normalized spacial score (nSPS) is 20.8. The molecule has 8 nitrogen and oxygen atoms in total. The van der Waals surface area contributed by atoms with Crippen molar-refractivity contribution < 1.29 is 28.7 Å². The Morgan fingerprint density at radius 2 is 1.87 bits per heavy atom. The molecule has 1 aromatic rings. The van der Waals surface area contributed by atoms with Gasteiger partial charge in [0, 0.05) is 26.3 Å². The van der Waals surface area contributed by atoms with Crippen molar-refractivity contribution >= 4 is 23.7 Å². The van der Waals surface area contributed by atoms with Crippen LogP contribution in [0.25, 0.3) is 0 Å². The first-order valence-electron chi connectivity index (χ1n) is 10.4. The van der Waals surface area contributed by atoms with Crippen molar-refractivity contribution in [3.8, 4) is 0 Å². The minimum absolute atomic E-state index is 0.109. The predicted octanol–water partition coefficient (Wildman–Crippen LogP) is 2.17. The zero-order chi connectivity index (χ0) is 21.7. The van der Waals surface area contributed by atoms with E-state index in [-0.39, 0.29) is 47.7 Å². The van der Waals surface area contributed by atoms with Gasteiger partial charge in [0.25, 0.3) is 17.7 Å². The standard InChI is InChI=1S/C22H28N2O6/c1-14-6-3-4-7-18(14)23-19(25)13-30-22(28)15-8-9-16-17(12-15)21(27)24(20(16)26)10-5-11-29-2/h8-9,12,14,18H,3-7,10-11,13H2,1-2H3,(H,23,25)/t14-,18-/m1/s1. The highest BCUT2D eigenvalue weighted by atomic mass is 16.5. The summed E-state index contributed by atoms with van der Waals surface area (Å²) in [5.74, 6) is -1.45. The van der Waals surface area contributed by atoms with Crippen LogP contribution in [0.5, 0.6) is 0 Å². The number of nitrogens with zero attached hydrogens (tertiary/aromatic N) is 1. The Morgan fingerprint density at radius 1 is 1.13 bits per heavy atom. The summed E-state index contributed by atoms with van der Waals surface area (Å²) in [7, 11) is 1.55. The Labute approximate surface area is 175 Å². The van der Waals surface area contributed by atoms with E-state index in [2.05, 4.69) is 12.2 Å². The van der Waals surface area contributed by atoms with Crippen molar-refractivity contribution in [3.63, 3.8) is 0 Å². The van der Waals surface area contributed by atoms with Crippen molar-refractivity contribution in [2.75, 3.05) is 26.9 Å². The van der Waals surface area contributed by atoms with Crippen molar-refractivity contribution in [1.29, 1.82) is 0 Å². The van der Waals surface area contributed by atoms with Crippen LogP contribution in [0.1, 0.15) is 70.1 Å². The molecule has 162 valence electrons. The number of esters is 1. The van der Waals surface area contributed by atoms with Crippen LogP contribution in [0, 0.1) is 5.92 Å². The summed E-state index contributed by atoms with van der Waals surface area (Å²) in [6.45, 7) is 2.42. The molecule has 2 aliphatic rings. The Hall–Kier alpha value is -2.74. The number of hydrogen-bond acceptors (Lipinski definition) is 6. The lowest BCUT2D eigenvalue weighted by Gasteiger charge is -2.29. The summed E-state index contributed by atoms with van der Waals surface area (Å²) in [5.41, 5.74) is 0.567. The van der Waals surface area contributed by atoms with E-state index in [0.717, 1.165) is 24.2 Å². The summed E-state index contributed by atoms with van der Waals surface area (Å²) < 4.78 is 10.1. The van der Waals surface area contributed by atoms with Crippen LogP contribution in [0.15, 0.2) is 18.2 Å². The Kier molecular flexibility index (Phi) is 7.20. The van der Waals surface area contributed by atoms with Crippen LogP contribution in [0.4, 0.5) is 0 Å². The highest BCUT2D eigenvalue weighted by Crippen LogP contribution is 2.25. The third kappa shape index (κ3) is 4.87. The molecule has 1 aromatic carbocycles. The summed E-state index contributed by atoms with van der Waals surface area (Å²) in [6, 6.07) is 4.35. The molecule has 0 aromatic heterocycles. The average Bonchev–Trinajstić information content (AvgIpc) is 2.98. The van der Waals surface area contributed by atoms with Crippen molar-refractivity contribution in [1.82, 2.24) is 10.2 Å². The van der Waals surface area contributed by atoms with E-state index in [1.165, 1.54) is 24.6 Å². The van der Waals surface area contributed by atoms with Crippen LogP contribution in [-0.2, 0) is 14.3 Å². The van der Waals surface area contributed by atoms with E-state index >= 15 is 0 Å². The van der Waals surface area contributed by atoms with Crippen LogP contribution in [0.3, 0.4) is 0 Å². The van der Waals surface area contributed by atoms with Gasteiger partial charge in [0.05, 0.1) is 16.7 Å². The molecular formula is C22H28N2O6. The maximum Gasteiger partial charge on any atom is 0.338 e. The van der Waals surface area contributed by atoms with Gasteiger partial charge in [-0.2, -0.15) is 0 Å². The summed E-state index contributed by atoms with van der Waals surface area (Å²) in [5, 5.41) is 2.93. The summed E-state index contributed by atoms with van der Waals surface area (Å²) in [6.07, 6.45) is 4.80. The fourth-order valence-corrected chi connectivity index (χ4v) is 3.98. The van der Waals surface area contributed by atoms with Gasteiger partial charge in [0.15, 0.2) is 6.61 Å². The maximum absolute atomic E-state index is 12.5. The zero-order valence-corrected chi connectivity index (χ0v) is 17.4. The van der Waals surface area contributed by atoms with Crippen molar-refractivity contribution in [3.05, 3.63) is 34.9 Å². The molecule has 1 saturated carbocycles. The molecule has 0 unspecified atom stereocenters. The van der Waals surface area contributed by atoms with Crippen LogP contribution < -0.4 is 5.32 Å². The monoisotopic (exact) mass is 416 g/mol. The van der Waals surface area contributed by atoms with Crippen LogP contribution in [0.2, 0.25) is 0 Å². The molecule has 8 heteroatoms. The Balaban J connectivity index is 1.57. The first kappa shape index (κ1) is 22.0. The number of imide groups is 1. The number of rotatable bonds is 8. The van der Waals surface area contributed by atoms with Gasteiger partial charge in [-0.1, -0.05) is 19.8 Å². The maximum atomic E-state index is 12.5. The van der Waals surface area contributed by atoms with E-state index in [1.54, 1.807) is 7.11 Å². The number of methoxy groups -OCH3 is 1. The fraction of sp³-hybridized carbons (Fsp3) is 0.545. The second-order valence-electron chi connectivity index (χ2n) is 7.88. The molecule has 3 amide bonds. The number of fused-ring (bicyclic) bond motifs is 1. The van der Waals surface area contributed by atoms with E-state index < -0.39 is 11.9 Å². The SMILES string of the molecule is COCCCN1C(=O)c2ccc(C(=O)OCC(=O)N[C@@H]3CCCC[C@H]3C)cc2C1=O. The first-order chi connectivity index (χ1) is 14.4. The highest BCUT2D eigenvalue weighted by molar-refractivity contribution is 6.21. The molecule has 1 N–H and O–H groups in total. The molecule has 0 radical (unpaired) electrons. The molecule has 0 saturated heterocycles. The lowest BCUT2D eigenvalue weighted by Crippen LogP contribution is -2.42. The number of hydrogen-bond donors (Lipinski definition) is 1. The number of ether oxygens (including phenoxy) is 2. The molecule has 0 spiro atoms. The molecule has 1 aliphatic heterocycles. The molecule has 1 aliphatic carbocycles. The van der Waals surface area contributed by atoms with Gasteiger partial charge in [0.2, 0.25) is 0 Å². The number of carbonyl (C=O) groups is 4. The van der Waals surface area contributed by atoms with Crippen LogP contribution in [-0.4, -0.2) is 61.5 Å². The minimum atomic E-state index is -0.706. The Bertz CT molecular complexity index is 837. The second kappa shape index (κ2) is 9.84. The van der Waals surface area contributed by atoms with Gasteiger partial charge in [-0.3, -0.25) is 19.3 Å². The quantitative estimate of drug-likeness (QED) is 0.396. The van der Waals surface area contributed by atoms with E-state index in [1.807, 2.05) is 0 Å². The van der Waals surface area contributed by atoms with Crippen LogP contribution >= 0.6 is 0 Å². The van der Waals surface area contributed by atoms with Gasteiger partial charge in [0.1, 0.15) is 0 Å². The third-order valence-corrected chi connectivity index (χ3v) is 5.73. The minimum Gasteiger partial charge on any atom is -0.452 e. The number of carbonyl (C=O) groups excluding carboxylic acids is 4. The van der Waals surface area contributed by atoms with Gasteiger partial charge in [-0.25, -0.2) is 4.79 Å². The first-order valence-corrected chi connectivity index (χ1v) is 10.4. The van der Waals surface area contributed by atoms with Gasteiger partial charge >= 0.3 is 5.97 Å². The molecule has 1 heterocycles. The lowest BCUT2D eigenvalue weighted by atomic mass is 9.86. The van der Waals surface area contributed by atoms with Gasteiger partial charge < -0.3 is 14.8 Å². The molecule has 2 atom stereocenters. The third-order valence-electron chi connectivity index (χ3n) is 5.73. The summed E-state index contributed by atoms with van der Waals surface area (Å²) in [4.78, 5) is 50.6. The van der Waals surface area contributed by atoms with Gasteiger partial charge in [-0.15, -0.1) is 0 Å². The highest BCUT2D eigenvalue weighted by Gasteiger charge is 2.35. The van der Waals surface area contributed by atoms with Crippen molar-refractivity contribution in [2.24, 2.45) is 5.92 Å².